The van der Waals surface area contributed by atoms with Crippen molar-refractivity contribution in [2.75, 3.05) is 23.3 Å². The molecule has 2 aromatic rings. The normalized spacial score (nSPS) is 18.6. The first-order valence-corrected chi connectivity index (χ1v) is 6.38. The van der Waals surface area contributed by atoms with Crippen LogP contribution in [0.25, 0.3) is 0 Å². The summed E-state index contributed by atoms with van der Waals surface area (Å²) < 4.78 is 0. The maximum atomic E-state index is 9.56. The topological polar surface area (TPSA) is 61.3 Å². The zero-order chi connectivity index (χ0) is 13.1. The van der Waals surface area contributed by atoms with Gasteiger partial charge in [-0.25, -0.2) is 9.97 Å². The molecule has 3 rings (SSSR count). The number of hydrogen-bond acceptors (Lipinski definition) is 5. The molecule has 1 aromatic carbocycles. The first-order chi connectivity index (χ1) is 9.31. The molecular formula is C14H16N4O. The lowest BCUT2D eigenvalue weighted by atomic mass is 10.3. The first kappa shape index (κ1) is 11.9. The number of aliphatic hydroxyl groups excluding tert-OH is 1. The number of aromatic nitrogens is 2. The van der Waals surface area contributed by atoms with Crippen molar-refractivity contribution < 1.29 is 5.11 Å². The lowest BCUT2D eigenvalue weighted by molar-refractivity contribution is 0.198. The fourth-order valence-corrected chi connectivity index (χ4v) is 2.21. The maximum Gasteiger partial charge on any atom is 0.135 e. The van der Waals surface area contributed by atoms with E-state index < -0.39 is 0 Å². The largest absolute Gasteiger partial charge is 0.391 e. The smallest absolute Gasteiger partial charge is 0.135 e. The quantitative estimate of drug-likeness (QED) is 0.876. The summed E-state index contributed by atoms with van der Waals surface area (Å²) in [5, 5.41) is 12.8. The molecule has 2 heterocycles. The standard InChI is InChI=1S/C14H16N4O/c19-12-6-7-18(9-12)14-8-13(15-10-16-14)17-11-4-2-1-3-5-11/h1-5,8,10,12,19H,6-7,9H2,(H,15,16,17)/t12-/m1/s1. The molecule has 98 valence electrons. The molecule has 0 unspecified atom stereocenters. The van der Waals surface area contributed by atoms with E-state index in [1.54, 1.807) is 6.33 Å². The van der Waals surface area contributed by atoms with Gasteiger partial charge in [0.15, 0.2) is 0 Å². The van der Waals surface area contributed by atoms with E-state index in [9.17, 15) is 5.11 Å². The fraction of sp³-hybridized carbons (Fsp3) is 0.286. The van der Waals surface area contributed by atoms with Crippen molar-refractivity contribution in [2.45, 2.75) is 12.5 Å². The van der Waals surface area contributed by atoms with Gasteiger partial charge < -0.3 is 15.3 Å². The second kappa shape index (κ2) is 5.24. The predicted octanol–water partition coefficient (Wildman–Crippen LogP) is 1.79. The van der Waals surface area contributed by atoms with Gasteiger partial charge in [-0.1, -0.05) is 18.2 Å². The molecule has 0 radical (unpaired) electrons. The molecule has 1 aliphatic heterocycles. The highest BCUT2D eigenvalue weighted by molar-refractivity contribution is 5.59. The van der Waals surface area contributed by atoms with E-state index in [0.29, 0.717) is 6.54 Å². The predicted molar refractivity (Wildman–Crippen MR) is 74.6 cm³/mol. The minimum atomic E-state index is -0.250. The number of anilines is 3. The molecule has 0 aliphatic carbocycles. The van der Waals surface area contributed by atoms with Crippen molar-refractivity contribution in [3.8, 4) is 0 Å². The van der Waals surface area contributed by atoms with Gasteiger partial charge in [-0.15, -0.1) is 0 Å². The Kier molecular flexibility index (Phi) is 3.29. The van der Waals surface area contributed by atoms with Gasteiger partial charge >= 0.3 is 0 Å². The monoisotopic (exact) mass is 256 g/mol. The Morgan fingerprint density at radius 2 is 2.05 bits per heavy atom. The molecule has 0 amide bonds. The van der Waals surface area contributed by atoms with Gasteiger partial charge in [0.25, 0.3) is 0 Å². The number of para-hydroxylation sites is 1. The SMILES string of the molecule is O[C@@H]1CCN(c2cc(Nc3ccccc3)ncn2)C1. The van der Waals surface area contributed by atoms with E-state index in [2.05, 4.69) is 20.2 Å². The Labute approximate surface area is 111 Å². The minimum Gasteiger partial charge on any atom is -0.391 e. The van der Waals surface area contributed by atoms with Gasteiger partial charge in [-0.2, -0.15) is 0 Å². The van der Waals surface area contributed by atoms with E-state index >= 15 is 0 Å². The van der Waals surface area contributed by atoms with Crippen LogP contribution in [0.15, 0.2) is 42.7 Å². The van der Waals surface area contributed by atoms with Gasteiger partial charge in [-0.3, -0.25) is 0 Å². The van der Waals surface area contributed by atoms with E-state index in [-0.39, 0.29) is 6.10 Å². The molecule has 1 atom stereocenters. The van der Waals surface area contributed by atoms with Gasteiger partial charge in [0.2, 0.25) is 0 Å². The zero-order valence-electron chi connectivity index (χ0n) is 10.5. The van der Waals surface area contributed by atoms with Gasteiger partial charge in [0, 0.05) is 24.8 Å². The summed E-state index contributed by atoms with van der Waals surface area (Å²) in [5.74, 6) is 1.61. The number of rotatable bonds is 3. The third-order valence-corrected chi connectivity index (χ3v) is 3.19. The minimum absolute atomic E-state index is 0.250. The third-order valence-electron chi connectivity index (χ3n) is 3.19. The summed E-state index contributed by atoms with van der Waals surface area (Å²) in [7, 11) is 0. The lowest BCUT2D eigenvalue weighted by Crippen LogP contribution is -2.22. The van der Waals surface area contributed by atoms with E-state index in [4.69, 9.17) is 0 Å². The highest BCUT2D eigenvalue weighted by Crippen LogP contribution is 2.21. The van der Waals surface area contributed by atoms with Crippen molar-refractivity contribution in [1.29, 1.82) is 0 Å². The number of benzene rings is 1. The summed E-state index contributed by atoms with van der Waals surface area (Å²) in [6, 6.07) is 11.8. The van der Waals surface area contributed by atoms with Crippen molar-refractivity contribution in [3.63, 3.8) is 0 Å². The Balaban J connectivity index is 1.76. The number of nitrogens with zero attached hydrogens (tertiary/aromatic N) is 3. The van der Waals surface area contributed by atoms with Crippen LogP contribution in [-0.4, -0.2) is 34.3 Å². The summed E-state index contributed by atoms with van der Waals surface area (Å²) in [6.07, 6.45) is 2.09. The van der Waals surface area contributed by atoms with Crippen LogP contribution in [0.4, 0.5) is 17.3 Å². The Hall–Kier alpha value is -2.14. The van der Waals surface area contributed by atoms with Crippen LogP contribution < -0.4 is 10.2 Å². The van der Waals surface area contributed by atoms with Crippen molar-refractivity contribution in [2.24, 2.45) is 0 Å². The Morgan fingerprint density at radius 1 is 1.21 bits per heavy atom. The molecule has 2 N–H and O–H groups in total. The number of aliphatic hydroxyl groups is 1. The first-order valence-electron chi connectivity index (χ1n) is 6.38. The molecule has 1 aromatic heterocycles. The molecule has 19 heavy (non-hydrogen) atoms. The van der Waals surface area contributed by atoms with Crippen LogP contribution in [0.2, 0.25) is 0 Å². The van der Waals surface area contributed by atoms with Crippen LogP contribution in [0.5, 0.6) is 0 Å². The van der Waals surface area contributed by atoms with Crippen molar-refractivity contribution in [1.82, 2.24) is 9.97 Å². The van der Waals surface area contributed by atoms with Crippen LogP contribution >= 0.6 is 0 Å². The van der Waals surface area contributed by atoms with E-state index in [1.807, 2.05) is 36.4 Å². The van der Waals surface area contributed by atoms with Crippen molar-refractivity contribution >= 4 is 17.3 Å². The summed E-state index contributed by atoms with van der Waals surface area (Å²) >= 11 is 0. The van der Waals surface area contributed by atoms with Crippen LogP contribution in [-0.2, 0) is 0 Å². The third kappa shape index (κ3) is 2.82. The number of nitrogens with one attached hydrogen (secondary N) is 1. The maximum absolute atomic E-state index is 9.56. The van der Waals surface area contributed by atoms with E-state index in [1.165, 1.54) is 0 Å². The van der Waals surface area contributed by atoms with Crippen molar-refractivity contribution in [3.05, 3.63) is 42.7 Å². The highest BCUT2D eigenvalue weighted by atomic mass is 16.3. The van der Waals surface area contributed by atoms with Crippen LogP contribution in [0.3, 0.4) is 0 Å². The average molecular weight is 256 g/mol. The molecule has 5 heteroatoms. The van der Waals surface area contributed by atoms with E-state index in [0.717, 1.165) is 30.3 Å². The summed E-state index contributed by atoms with van der Waals surface area (Å²) in [6.45, 7) is 1.48. The summed E-state index contributed by atoms with van der Waals surface area (Å²) in [4.78, 5) is 10.5. The molecule has 1 saturated heterocycles. The average Bonchev–Trinajstić information content (AvgIpc) is 2.87. The summed E-state index contributed by atoms with van der Waals surface area (Å²) in [5.41, 5.74) is 0.994. The molecule has 1 aliphatic rings. The fourth-order valence-electron chi connectivity index (χ4n) is 2.21. The van der Waals surface area contributed by atoms with Gasteiger partial charge in [0.05, 0.1) is 6.10 Å². The van der Waals surface area contributed by atoms with Gasteiger partial charge in [-0.05, 0) is 18.6 Å². The highest BCUT2D eigenvalue weighted by Gasteiger charge is 2.21. The second-order valence-electron chi connectivity index (χ2n) is 4.64. The lowest BCUT2D eigenvalue weighted by Gasteiger charge is -2.17. The molecule has 0 spiro atoms. The second-order valence-corrected chi connectivity index (χ2v) is 4.64. The Morgan fingerprint density at radius 3 is 2.79 bits per heavy atom. The molecular weight excluding hydrogens is 240 g/mol. The molecule has 5 nitrogen and oxygen atoms in total. The Bertz CT molecular complexity index is 546. The molecule has 0 bridgehead atoms. The number of β-amino-alcohol motifs (C(OH)–C–C–N with tert-alkyl or cyclic N) is 1. The molecule has 1 fully saturated rings. The molecule has 0 saturated carbocycles. The zero-order valence-corrected chi connectivity index (χ0v) is 10.5. The van der Waals surface area contributed by atoms with Crippen LogP contribution in [0, 0.1) is 0 Å². The van der Waals surface area contributed by atoms with Crippen LogP contribution in [0.1, 0.15) is 6.42 Å². The number of hydrogen-bond donors (Lipinski definition) is 2. The van der Waals surface area contributed by atoms with Gasteiger partial charge in [0.1, 0.15) is 18.0 Å².